The molecule has 1 aromatic heterocycles. The molecule has 1 rings (SSSR count). The first-order chi connectivity index (χ1) is 7.95. The Bertz CT molecular complexity index is 423. The average molecular weight is 239 g/mol. The minimum atomic E-state index is -0.205. The Morgan fingerprint density at radius 2 is 2.29 bits per heavy atom. The molecule has 0 radical (unpaired) electrons. The van der Waals surface area contributed by atoms with Crippen molar-refractivity contribution >= 4 is 11.7 Å². The van der Waals surface area contributed by atoms with Crippen molar-refractivity contribution in [2.24, 2.45) is 10.9 Å². The summed E-state index contributed by atoms with van der Waals surface area (Å²) in [6.45, 7) is 5.56. The van der Waals surface area contributed by atoms with Crippen LogP contribution in [-0.2, 0) is 0 Å². The molecule has 6 heteroatoms. The molecule has 3 N–H and O–H groups in total. The largest absolute Gasteiger partial charge is 0.469 e. The van der Waals surface area contributed by atoms with E-state index in [-0.39, 0.29) is 24.3 Å². The molecule has 1 aromatic rings. The van der Waals surface area contributed by atoms with Gasteiger partial charge in [-0.15, -0.1) is 0 Å². The lowest BCUT2D eigenvalue weighted by Crippen LogP contribution is -2.42. The molecule has 0 spiro atoms. The molecule has 1 amide bonds. The van der Waals surface area contributed by atoms with Crippen LogP contribution in [0.25, 0.3) is 0 Å². The minimum Gasteiger partial charge on any atom is -0.469 e. The molecule has 6 nitrogen and oxygen atoms in total. The number of amides is 1. The molecular weight excluding hydrogens is 222 g/mol. The monoisotopic (exact) mass is 239 g/mol. The van der Waals surface area contributed by atoms with Crippen LogP contribution in [0.15, 0.2) is 21.9 Å². The molecule has 0 aliphatic heterocycles. The third kappa shape index (κ3) is 3.24. The smallest absolute Gasteiger partial charge is 0.257 e. The maximum Gasteiger partial charge on any atom is 0.257 e. The van der Waals surface area contributed by atoms with Gasteiger partial charge in [-0.25, -0.2) is 0 Å². The SMILES string of the molecule is Cc1cc(C(=O)N(CC(N)=NO)C(C)C)co1. The summed E-state index contributed by atoms with van der Waals surface area (Å²) in [7, 11) is 0. The summed E-state index contributed by atoms with van der Waals surface area (Å²) in [6.07, 6.45) is 1.40. The first-order valence-corrected chi connectivity index (χ1v) is 5.28. The van der Waals surface area contributed by atoms with Gasteiger partial charge < -0.3 is 20.3 Å². The van der Waals surface area contributed by atoms with E-state index in [4.69, 9.17) is 15.4 Å². The molecule has 0 aliphatic carbocycles. The molecule has 17 heavy (non-hydrogen) atoms. The molecule has 0 unspecified atom stereocenters. The second kappa shape index (κ2) is 5.38. The van der Waals surface area contributed by atoms with Gasteiger partial charge in [0.15, 0.2) is 5.84 Å². The highest BCUT2D eigenvalue weighted by atomic mass is 16.4. The Hall–Kier alpha value is -1.98. The first kappa shape index (κ1) is 13.1. The van der Waals surface area contributed by atoms with Crippen molar-refractivity contribution in [2.45, 2.75) is 26.8 Å². The molecule has 0 saturated carbocycles. The molecular formula is C11H17N3O3. The van der Waals surface area contributed by atoms with Crippen molar-refractivity contribution in [3.8, 4) is 0 Å². The van der Waals surface area contributed by atoms with Gasteiger partial charge >= 0.3 is 0 Å². The second-order valence-corrected chi connectivity index (χ2v) is 4.06. The Morgan fingerprint density at radius 3 is 2.71 bits per heavy atom. The van der Waals surface area contributed by atoms with Gasteiger partial charge in [0.1, 0.15) is 12.0 Å². The standard InChI is InChI=1S/C11H17N3O3/c1-7(2)14(5-10(12)13-16)11(15)9-4-8(3)17-6-9/h4,6-7,16H,5H2,1-3H3,(H2,12,13). The average Bonchev–Trinajstić information content (AvgIpc) is 2.71. The lowest BCUT2D eigenvalue weighted by Gasteiger charge is -2.25. The molecule has 0 bridgehead atoms. The van der Waals surface area contributed by atoms with Gasteiger partial charge in [0.2, 0.25) is 0 Å². The number of carbonyl (C=O) groups excluding carboxylic acids is 1. The number of oxime groups is 1. The van der Waals surface area contributed by atoms with Crippen LogP contribution in [0.2, 0.25) is 0 Å². The molecule has 0 aromatic carbocycles. The van der Waals surface area contributed by atoms with E-state index in [1.165, 1.54) is 11.2 Å². The highest BCUT2D eigenvalue weighted by Crippen LogP contribution is 2.11. The zero-order valence-electron chi connectivity index (χ0n) is 10.2. The van der Waals surface area contributed by atoms with Crippen LogP contribution in [0, 0.1) is 6.92 Å². The summed E-state index contributed by atoms with van der Waals surface area (Å²) in [5.41, 5.74) is 5.88. The van der Waals surface area contributed by atoms with Crippen molar-refractivity contribution in [1.29, 1.82) is 0 Å². The normalized spacial score (nSPS) is 11.9. The summed E-state index contributed by atoms with van der Waals surface area (Å²) < 4.78 is 5.09. The van der Waals surface area contributed by atoms with E-state index in [0.717, 1.165) is 0 Å². The second-order valence-electron chi connectivity index (χ2n) is 4.06. The molecule has 0 saturated heterocycles. The van der Waals surface area contributed by atoms with E-state index < -0.39 is 0 Å². The summed E-state index contributed by atoms with van der Waals surface area (Å²) in [6, 6.07) is 1.60. The first-order valence-electron chi connectivity index (χ1n) is 5.28. The minimum absolute atomic E-state index is 0.00716. The molecule has 0 fully saturated rings. The van der Waals surface area contributed by atoms with Gasteiger partial charge in [-0.2, -0.15) is 0 Å². The number of rotatable bonds is 4. The Kier molecular flexibility index (Phi) is 4.14. The zero-order valence-corrected chi connectivity index (χ0v) is 10.2. The summed E-state index contributed by atoms with van der Waals surface area (Å²) in [5.74, 6) is 0.455. The number of carbonyl (C=O) groups is 1. The number of aryl methyl sites for hydroxylation is 1. The van der Waals surface area contributed by atoms with E-state index in [2.05, 4.69) is 5.16 Å². The molecule has 0 atom stereocenters. The third-order valence-corrected chi connectivity index (χ3v) is 2.32. The predicted octanol–water partition coefficient (Wildman–Crippen LogP) is 1.19. The lowest BCUT2D eigenvalue weighted by atomic mass is 10.2. The Labute approximate surface area is 99.7 Å². The van der Waals surface area contributed by atoms with Crippen LogP contribution in [0.5, 0.6) is 0 Å². The van der Waals surface area contributed by atoms with E-state index >= 15 is 0 Å². The van der Waals surface area contributed by atoms with Gasteiger partial charge in [-0.1, -0.05) is 5.16 Å². The van der Waals surface area contributed by atoms with Gasteiger partial charge in [0.25, 0.3) is 5.91 Å². The zero-order chi connectivity index (χ0) is 13.0. The number of amidine groups is 1. The summed E-state index contributed by atoms with van der Waals surface area (Å²) in [4.78, 5) is 13.6. The summed E-state index contributed by atoms with van der Waals surface area (Å²) in [5, 5.41) is 11.4. The van der Waals surface area contributed by atoms with Crippen LogP contribution >= 0.6 is 0 Å². The van der Waals surface area contributed by atoms with Crippen molar-refractivity contribution < 1.29 is 14.4 Å². The lowest BCUT2D eigenvalue weighted by molar-refractivity contribution is 0.0733. The molecule has 1 heterocycles. The van der Waals surface area contributed by atoms with Crippen molar-refractivity contribution in [3.63, 3.8) is 0 Å². The van der Waals surface area contributed by atoms with Gasteiger partial charge in [0.05, 0.1) is 12.1 Å². The fraction of sp³-hybridized carbons (Fsp3) is 0.455. The van der Waals surface area contributed by atoms with Gasteiger partial charge in [0, 0.05) is 6.04 Å². The molecule has 0 aliphatic rings. The van der Waals surface area contributed by atoms with Gasteiger partial charge in [-0.3, -0.25) is 4.79 Å². The maximum atomic E-state index is 12.1. The van der Waals surface area contributed by atoms with Crippen molar-refractivity contribution in [2.75, 3.05) is 6.54 Å². The van der Waals surface area contributed by atoms with Crippen LogP contribution in [0.3, 0.4) is 0 Å². The van der Waals surface area contributed by atoms with E-state index in [1.54, 1.807) is 13.0 Å². The topological polar surface area (TPSA) is 92.1 Å². The number of hydrogen-bond donors (Lipinski definition) is 2. The van der Waals surface area contributed by atoms with E-state index in [0.29, 0.717) is 11.3 Å². The quantitative estimate of drug-likeness (QED) is 0.357. The summed E-state index contributed by atoms with van der Waals surface area (Å²) >= 11 is 0. The van der Waals surface area contributed by atoms with Crippen LogP contribution < -0.4 is 5.73 Å². The van der Waals surface area contributed by atoms with E-state index in [9.17, 15) is 4.79 Å². The van der Waals surface area contributed by atoms with Gasteiger partial charge in [-0.05, 0) is 26.8 Å². The highest BCUT2D eigenvalue weighted by Gasteiger charge is 2.21. The van der Waals surface area contributed by atoms with Crippen molar-refractivity contribution in [1.82, 2.24) is 4.90 Å². The molecule has 94 valence electrons. The predicted molar refractivity (Wildman–Crippen MR) is 63.0 cm³/mol. The number of hydrogen-bond acceptors (Lipinski definition) is 4. The van der Waals surface area contributed by atoms with Crippen LogP contribution in [0.1, 0.15) is 30.0 Å². The van der Waals surface area contributed by atoms with Crippen molar-refractivity contribution in [3.05, 3.63) is 23.7 Å². The highest BCUT2D eigenvalue weighted by molar-refractivity contribution is 5.97. The van der Waals surface area contributed by atoms with E-state index in [1.807, 2.05) is 13.8 Å². The maximum absolute atomic E-state index is 12.1. The number of furan rings is 1. The third-order valence-electron chi connectivity index (χ3n) is 2.32. The van der Waals surface area contributed by atoms with Crippen LogP contribution in [0.4, 0.5) is 0 Å². The number of nitrogens with two attached hydrogens (primary N) is 1. The Morgan fingerprint density at radius 1 is 1.65 bits per heavy atom. The fourth-order valence-electron chi connectivity index (χ4n) is 1.42. The Balaban J connectivity index is 2.88. The number of nitrogens with zero attached hydrogens (tertiary/aromatic N) is 2. The fourth-order valence-corrected chi connectivity index (χ4v) is 1.42. The van der Waals surface area contributed by atoms with Crippen LogP contribution in [-0.4, -0.2) is 34.4 Å².